The highest BCUT2D eigenvalue weighted by Gasteiger charge is 2.30. The van der Waals surface area contributed by atoms with Gasteiger partial charge in [0.05, 0.1) is 0 Å². The molecule has 0 aliphatic heterocycles. The number of urea groups is 1. The van der Waals surface area contributed by atoms with Crippen LogP contribution in [-0.2, 0) is 4.79 Å². The van der Waals surface area contributed by atoms with Crippen molar-refractivity contribution in [3.8, 4) is 0 Å². The van der Waals surface area contributed by atoms with Gasteiger partial charge in [-0.25, -0.2) is 9.59 Å². The maximum absolute atomic E-state index is 12.1. The lowest BCUT2D eigenvalue weighted by Gasteiger charge is -2.34. The third-order valence-electron chi connectivity index (χ3n) is 4.03. The minimum atomic E-state index is -1.06. The Kier molecular flexibility index (Phi) is 4.83. The Bertz CT molecular complexity index is 496. The van der Waals surface area contributed by atoms with Crippen molar-refractivity contribution in [3.05, 3.63) is 35.9 Å². The van der Waals surface area contributed by atoms with E-state index in [9.17, 15) is 14.7 Å². The number of aliphatic carboxylic acids is 1. The van der Waals surface area contributed by atoms with Crippen molar-refractivity contribution in [3.63, 3.8) is 0 Å². The van der Waals surface area contributed by atoms with Crippen LogP contribution in [0.2, 0.25) is 0 Å². The number of nitrogens with one attached hydrogen (secondary N) is 2. The summed E-state index contributed by atoms with van der Waals surface area (Å²) in [6.07, 6.45) is 5.25. The molecule has 2 amide bonds. The third-order valence-corrected chi connectivity index (χ3v) is 4.03. The third kappa shape index (κ3) is 4.21. The SMILES string of the molecule is CC1(NC(=O)N[C@H](C(=O)O)c2ccccc2)CCCCC1. The number of amides is 2. The second-order valence-electron chi connectivity index (χ2n) is 5.90. The highest BCUT2D eigenvalue weighted by atomic mass is 16.4. The molecule has 21 heavy (non-hydrogen) atoms. The zero-order chi connectivity index (χ0) is 15.3. The molecule has 0 saturated heterocycles. The summed E-state index contributed by atoms with van der Waals surface area (Å²) in [6.45, 7) is 2.02. The fourth-order valence-corrected chi connectivity index (χ4v) is 2.83. The predicted molar refractivity (Wildman–Crippen MR) is 80.0 cm³/mol. The van der Waals surface area contributed by atoms with Gasteiger partial charge in [-0.3, -0.25) is 0 Å². The van der Waals surface area contributed by atoms with Crippen LogP contribution >= 0.6 is 0 Å². The summed E-state index contributed by atoms with van der Waals surface area (Å²) in [7, 11) is 0. The molecular formula is C16H22N2O3. The van der Waals surface area contributed by atoms with E-state index < -0.39 is 18.0 Å². The van der Waals surface area contributed by atoms with Gasteiger partial charge in [-0.1, -0.05) is 49.6 Å². The van der Waals surface area contributed by atoms with Crippen LogP contribution < -0.4 is 10.6 Å². The minimum Gasteiger partial charge on any atom is -0.479 e. The summed E-state index contributed by atoms with van der Waals surface area (Å²) in [5, 5.41) is 14.8. The quantitative estimate of drug-likeness (QED) is 0.798. The van der Waals surface area contributed by atoms with Gasteiger partial charge >= 0.3 is 12.0 Å². The zero-order valence-corrected chi connectivity index (χ0v) is 12.3. The van der Waals surface area contributed by atoms with Crippen molar-refractivity contribution >= 4 is 12.0 Å². The Morgan fingerprint density at radius 2 is 1.76 bits per heavy atom. The first-order valence-electron chi connectivity index (χ1n) is 7.37. The summed E-state index contributed by atoms with van der Waals surface area (Å²) < 4.78 is 0. The fourth-order valence-electron chi connectivity index (χ4n) is 2.83. The first-order chi connectivity index (χ1) is 10.0. The molecule has 1 saturated carbocycles. The molecule has 0 aromatic heterocycles. The predicted octanol–water partition coefficient (Wildman–Crippen LogP) is 2.83. The number of rotatable bonds is 4. The summed E-state index contributed by atoms with van der Waals surface area (Å²) in [5.74, 6) is -1.06. The van der Waals surface area contributed by atoms with E-state index in [0.717, 1.165) is 25.7 Å². The van der Waals surface area contributed by atoms with E-state index in [1.54, 1.807) is 24.3 Å². The van der Waals surface area contributed by atoms with Crippen molar-refractivity contribution < 1.29 is 14.7 Å². The molecule has 1 atom stereocenters. The summed E-state index contributed by atoms with van der Waals surface area (Å²) in [6, 6.07) is 7.27. The van der Waals surface area contributed by atoms with Gasteiger partial charge in [-0.15, -0.1) is 0 Å². The smallest absolute Gasteiger partial charge is 0.330 e. The van der Waals surface area contributed by atoms with Gasteiger partial charge in [-0.2, -0.15) is 0 Å². The van der Waals surface area contributed by atoms with Gasteiger partial charge in [0.15, 0.2) is 6.04 Å². The molecule has 0 spiro atoms. The van der Waals surface area contributed by atoms with Crippen molar-refractivity contribution in [2.45, 2.75) is 50.6 Å². The summed E-state index contributed by atoms with van der Waals surface area (Å²) in [4.78, 5) is 23.5. The van der Waals surface area contributed by atoms with E-state index in [2.05, 4.69) is 10.6 Å². The normalized spacial score (nSPS) is 18.5. The molecule has 114 valence electrons. The summed E-state index contributed by atoms with van der Waals surface area (Å²) in [5.41, 5.74) is 0.330. The largest absolute Gasteiger partial charge is 0.479 e. The van der Waals surface area contributed by atoms with Gasteiger partial charge < -0.3 is 15.7 Å². The minimum absolute atomic E-state index is 0.234. The lowest BCUT2D eigenvalue weighted by atomic mass is 9.83. The van der Waals surface area contributed by atoms with Gasteiger partial charge in [-0.05, 0) is 25.3 Å². The molecule has 0 radical (unpaired) electrons. The maximum Gasteiger partial charge on any atom is 0.330 e. The Hall–Kier alpha value is -2.04. The second-order valence-corrected chi connectivity index (χ2v) is 5.90. The molecule has 1 aliphatic rings. The fraction of sp³-hybridized carbons (Fsp3) is 0.500. The summed E-state index contributed by atoms with van der Waals surface area (Å²) >= 11 is 0. The highest BCUT2D eigenvalue weighted by Crippen LogP contribution is 2.27. The molecule has 1 aromatic rings. The lowest BCUT2D eigenvalue weighted by molar-refractivity contribution is -0.139. The van der Waals surface area contributed by atoms with Crippen LogP contribution in [-0.4, -0.2) is 22.6 Å². The standard InChI is InChI=1S/C16H22N2O3/c1-16(10-6-3-7-11-16)18-15(21)17-13(14(19)20)12-8-4-2-5-9-12/h2,4-5,8-9,13H,3,6-7,10-11H2,1H3,(H,19,20)(H2,17,18,21)/t13-/m0/s1. The van der Waals surface area contributed by atoms with Crippen LogP contribution in [0.3, 0.4) is 0 Å². The Balaban J connectivity index is 2.00. The van der Waals surface area contributed by atoms with E-state index in [1.165, 1.54) is 6.42 Å². The van der Waals surface area contributed by atoms with Gasteiger partial charge in [0.1, 0.15) is 0 Å². The number of carbonyl (C=O) groups excluding carboxylic acids is 1. The van der Waals surface area contributed by atoms with Gasteiger partial charge in [0.2, 0.25) is 0 Å². The van der Waals surface area contributed by atoms with Gasteiger partial charge in [0, 0.05) is 5.54 Å². The van der Waals surface area contributed by atoms with Gasteiger partial charge in [0.25, 0.3) is 0 Å². The van der Waals surface area contributed by atoms with E-state index in [-0.39, 0.29) is 5.54 Å². The van der Waals surface area contributed by atoms with Crippen molar-refractivity contribution in [2.24, 2.45) is 0 Å². The second kappa shape index (κ2) is 6.61. The first kappa shape index (κ1) is 15.4. The lowest BCUT2D eigenvalue weighted by Crippen LogP contribution is -2.52. The molecule has 1 aromatic carbocycles. The molecule has 1 aliphatic carbocycles. The number of hydrogen-bond donors (Lipinski definition) is 3. The first-order valence-corrected chi connectivity index (χ1v) is 7.37. The molecular weight excluding hydrogens is 268 g/mol. The van der Waals surface area contributed by atoms with E-state index in [0.29, 0.717) is 5.56 Å². The zero-order valence-electron chi connectivity index (χ0n) is 12.3. The maximum atomic E-state index is 12.1. The van der Waals surface area contributed by atoms with Crippen LogP contribution in [0.1, 0.15) is 50.6 Å². The van der Waals surface area contributed by atoms with Crippen LogP contribution in [0.25, 0.3) is 0 Å². The molecule has 1 fully saturated rings. The number of carboxylic acid groups (broad SMARTS) is 1. The van der Waals surface area contributed by atoms with Crippen LogP contribution in [0.4, 0.5) is 4.79 Å². The average Bonchev–Trinajstić information content (AvgIpc) is 2.45. The van der Waals surface area contributed by atoms with Crippen molar-refractivity contribution in [1.29, 1.82) is 0 Å². The molecule has 3 N–H and O–H groups in total. The van der Waals surface area contributed by atoms with Crippen LogP contribution in [0.15, 0.2) is 30.3 Å². The molecule has 5 nitrogen and oxygen atoms in total. The van der Waals surface area contributed by atoms with E-state index in [1.807, 2.05) is 13.0 Å². The van der Waals surface area contributed by atoms with E-state index in [4.69, 9.17) is 0 Å². The van der Waals surface area contributed by atoms with Crippen LogP contribution in [0.5, 0.6) is 0 Å². The Morgan fingerprint density at radius 1 is 1.14 bits per heavy atom. The van der Waals surface area contributed by atoms with E-state index >= 15 is 0 Å². The van der Waals surface area contributed by atoms with Crippen LogP contribution in [0, 0.1) is 0 Å². The Morgan fingerprint density at radius 3 is 2.33 bits per heavy atom. The number of carbonyl (C=O) groups is 2. The molecule has 0 heterocycles. The van der Waals surface area contributed by atoms with Crippen molar-refractivity contribution in [1.82, 2.24) is 10.6 Å². The highest BCUT2D eigenvalue weighted by molar-refractivity contribution is 5.84. The average molecular weight is 290 g/mol. The van der Waals surface area contributed by atoms with Crippen molar-refractivity contribution in [2.75, 3.05) is 0 Å². The topological polar surface area (TPSA) is 78.4 Å². The molecule has 0 unspecified atom stereocenters. The monoisotopic (exact) mass is 290 g/mol. The number of benzene rings is 1. The number of carboxylic acids is 1. The molecule has 2 rings (SSSR count). The molecule has 5 heteroatoms. The molecule has 0 bridgehead atoms. The number of hydrogen-bond acceptors (Lipinski definition) is 2. The Labute approximate surface area is 124 Å².